The first-order valence-corrected chi connectivity index (χ1v) is 13.6. The summed E-state index contributed by atoms with van der Waals surface area (Å²) >= 11 is 0. The molecule has 4 aromatic rings. The summed E-state index contributed by atoms with van der Waals surface area (Å²) in [6.45, 7) is 0. The predicted octanol–water partition coefficient (Wildman–Crippen LogP) is 3.07. The smallest absolute Gasteiger partial charge is 0.860 e. The number of alkyl halides is 9. The normalized spacial score (nSPS) is 12.0. The van der Waals surface area contributed by atoms with Crippen molar-refractivity contribution in [3.8, 4) is 5.75 Å². The molecule has 4 aromatic carbocycles. The van der Waals surface area contributed by atoms with Gasteiger partial charge in [0.25, 0.3) is 0 Å². The van der Waals surface area contributed by atoms with Crippen LogP contribution in [0.25, 0.3) is 11.1 Å². The van der Waals surface area contributed by atoms with Crippen molar-refractivity contribution in [1.29, 1.82) is 0 Å². The predicted molar refractivity (Wildman–Crippen MR) is 132 cm³/mol. The molecule has 0 aliphatic rings. The minimum Gasteiger partial charge on any atom is -0.860 e. The first-order chi connectivity index (χ1) is 26.2. The van der Waals surface area contributed by atoms with Crippen LogP contribution in [0.5, 0.6) is 5.75 Å². The molecule has 0 aromatic heterocycles. The van der Waals surface area contributed by atoms with Gasteiger partial charge in [-0.05, 0) is 0 Å². The molecule has 314 valence electrons. The van der Waals surface area contributed by atoms with Gasteiger partial charge >= 0.3 is 56.3 Å². The van der Waals surface area contributed by atoms with E-state index in [1.165, 1.54) is 0 Å². The maximum atomic E-state index is 15.7. The third kappa shape index (κ3) is 8.40. The fourth-order valence-electron chi connectivity index (χ4n) is 5.08. The Hall–Kier alpha value is -4.15. The Bertz CT molecular complexity index is 2240. The zero-order chi connectivity index (χ0) is 44.8. The first-order valence-electron chi connectivity index (χ1n) is 13.6. The monoisotopic (exact) mass is 896 g/mol. The van der Waals surface area contributed by atoms with Gasteiger partial charge in [-0.2, -0.15) is 48.3 Å². The summed E-state index contributed by atoms with van der Waals surface area (Å²) in [6.07, 6.45) is -20.1. The number of rotatable bonds is 6. The Kier molecular flexibility index (Phi) is 15.0. The van der Waals surface area contributed by atoms with Crippen molar-refractivity contribution in [2.45, 2.75) is 18.5 Å². The van der Waals surface area contributed by atoms with Gasteiger partial charge in [-0.15, -0.1) is 0 Å². The zero-order valence-electron chi connectivity index (χ0n) is 27.8. The molecule has 0 heterocycles. The number of hydrogen-bond acceptors (Lipinski definition) is 3. The standard InChI is InChI=1S/C29BF25O3.2Li/c31-10-3(11(32)19(40)7(18(10)39)27(47,48)49)1(4-12(33)20(41)8(28(50,51)52)21(42)13(4)34)2(5-14(35)22(43)9(29(53,54)55)23(44)15(5)36)6-16(37)24(45)26(58-30(56)57)25(46)17(6)38;;/q-2;2*+1. The van der Waals surface area contributed by atoms with Gasteiger partial charge in [0.05, 0.1) is 22.3 Å². The van der Waals surface area contributed by atoms with Gasteiger partial charge in [0.15, 0.2) is 87.2 Å². The van der Waals surface area contributed by atoms with Crippen LogP contribution in [0.3, 0.4) is 0 Å². The van der Waals surface area contributed by atoms with E-state index in [4.69, 9.17) is 0 Å². The Morgan fingerprint density at radius 3 is 0.633 bits per heavy atom. The maximum Gasteiger partial charge on any atom is 1.00 e. The Balaban J connectivity index is 0.00000620. The van der Waals surface area contributed by atoms with Gasteiger partial charge in [-0.25, -0.2) is 61.5 Å². The van der Waals surface area contributed by atoms with Crippen LogP contribution in [0.1, 0.15) is 38.9 Å². The molecule has 60 heavy (non-hydrogen) atoms. The molecule has 31 heteroatoms. The van der Waals surface area contributed by atoms with Gasteiger partial charge in [-0.1, -0.05) is 0 Å². The van der Waals surface area contributed by atoms with Gasteiger partial charge in [0.2, 0.25) is 11.6 Å². The van der Waals surface area contributed by atoms with Crippen molar-refractivity contribution in [3.63, 3.8) is 0 Å². The van der Waals surface area contributed by atoms with Crippen LogP contribution in [0, 0.1) is 93.1 Å². The largest absolute Gasteiger partial charge is 1.00 e. The van der Waals surface area contributed by atoms with E-state index < -0.39 is 175 Å². The van der Waals surface area contributed by atoms with Crippen molar-refractivity contribution in [2.24, 2.45) is 0 Å². The SMILES string of the molecule is [Li+].[Li+].[O-]B([O-])Oc1c(F)c(F)c(C(=C(c2c(F)c(F)c(C(F)(F)F)c(F)c2F)c2c(F)c(F)c(C(F)(F)F)c(F)c2F)c2c(F)c(F)c(C(F)(F)F)c(F)c2F)c(F)c1F. The third-order valence-corrected chi connectivity index (χ3v) is 7.33. The second-order valence-electron chi connectivity index (χ2n) is 10.6. The van der Waals surface area contributed by atoms with Crippen molar-refractivity contribution in [1.82, 2.24) is 0 Å². The van der Waals surface area contributed by atoms with Crippen molar-refractivity contribution in [3.05, 3.63) is 132 Å². The molecule has 0 unspecified atom stereocenters. The fourth-order valence-corrected chi connectivity index (χ4v) is 5.08. The molecule has 0 atom stereocenters. The van der Waals surface area contributed by atoms with Crippen molar-refractivity contribution < 1.29 is 162 Å². The van der Waals surface area contributed by atoms with E-state index in [0.717, 1.165) is 0 Å². The summed E-state index contributed by atoms with van der Waals surface area (Å²) in [6, 6.07) is 0. The summed E-state index contributed by atoms with van der Waals surface area (Å²) in [5.74, 6) is -65.8. The van der Waals surface area contributed by atoms with Gasteiger partial charge < -0.3 is 14.7 Å². The summed E-state index contributed by atoms with van der Waals surface area (Å²) in [7, 11) is -4.10. The molecule has 0 fully saturated rings. The van der Waals surface area contributed by atoms with E-state index in [9.17, 15) is 75.9 Å². The molecule has 0 bridgehead atoms. The third-order valence-electron chi connectivity index (χ3n) is 7.33. The molecular formula is C29BF25Li2O3. The van der Waals surface area contributed by atoms with Crippen LogP contribution in [0.4, 0.5) is 110 Å². The molecule has 0 saturated carbocycles. The number of benzene rings is 4. The Morgan fingerprint density at radius 1 is 0.317 bits per heavy atom. The minimum atomic E-state index is -6.71. The topological polar surface area (TPSA) is 55.3 Å². The van der Waals surface area contributed by atoms with Crippen LogP contribution in [0.2, 0.25) is 0 Å². The molecule has 3 nitrogen and oxygen atoms in total. The molecule has 0 amide bonds. The molecule has 0 saturated heterocycles. The van der Waals surface area contributed by atoms with E-state index in [2.05, 4.69) is 4.65 Å². The molecule has 4 rings (SSSR count). The van der Waals surface area contributed by atoms with Crippen LogP contribution < -0.4 is 52.4 Å². The van der Waals surface area contributed by atoms with Crippen LogP contribution >= 0.6 is 0 Å². The van der Waals surface area contributed by atoms with Crippen molar-refractivity contribution >= 4 is 18.5 Å². The van der Waals surface area contributed by atoms with Gasteiger partial charge in [-0.3, -0.25) is 0 Å². The van der Waals surface area contributed by atoms with Crippen LogP contribution in [0.15, 0.2) is 0 Å². The van der Waals surface area contributed by atoms with E-state index in [1.54, 1.807) is 0 Å². The average molecular weight is 896 g/mol. The van der Waals surface area contributed by atoms with Crippen LogP contribution in [-0.2, 0) is 18.5 Å². The molecular weight excluding hydrogens is 896 g/mol. The Morgan fingerprint density at radius 2 is 0.483 bits per heavy atom. The summed E-state index contributed by atoms with van der Waals surface area (Å²) in [4.78, 5) is 0. The summed E-state index contributed by atoms with van der Waals surface area (Å²) in [5.41, 5.74) is -34.0. The number of halogens is 25. The fraction of sp³-hybridized carbons (Fsp3) is 0.103. The van der Waals surface area contributed by atoms with Crippen LogP contribution in [-0.4, -0.2) is 7.32 Å². The van der Waals surface area contributed by atoms with Crippen molar-refractivity contribution in [2.75, 3.05) is 0 Å². The quantitative estimate of drug-likeness (QED) is 0.130. The Labute approximate surface area is 336 Å². The van der Waals surface area contributed by atoms with E-state index in [1.807, 2.05) is 0 Å². The minimum absolute atomic E-state index is 0. The van der Waals surface area contributed by atoms with E-state index >= 15 is 43.9 Å². The summed E-state index contributed by atoms with van der Waals surface area (Å²) < 4.78 is 368. The molecule has 0 spiro atoms. The molecule has 0 N–H and O–H groups in total. The maximum absolute atomic E-state index is 15.7. The van der Waals surface area contributed by atoms with E-state index in [-0.39, 0.29) is 37.7 Å². The van der Waals surface area contributed by atoms with E-state index in [0.29, 0.717) is 0 Å². The van der Waals surface area contributed by atoms with Gasteiger partial charge in [0.1, 0.15) is 24.0 Å². The molecule has 0 aliphatic carbocycles. The zero-order valence-corrected chi connectivity index (χ0v) is 27.8. The first kappa shape index (κ1) is 52.0. The van der Waals surface area contributed by atoms with Gasteiger partial charge in [0, 0.05) is 11.1 Å². The molecule has 0 radical (unpaired) electrons. The molecule has 0 aliphatic heterocycles. The second kappa shape index (κ2) is 17.3. The summed E-state index contributed by atoms with van der Waals surface area (Å²) in [5, 5.41) is 21.6. The number of hydrogen-bond donors (Lipinski definition) is 0. The average Bonchev–Trinajstić information content (AvgIpc) is 3.07. The second-order valence-corrected chi connectivity index (χ2v) is 10.6.